The van der Waals surface area contributed by atoms with Crippen LogP contribution in [-0.2, 0) is 28.8 Å². The molecule has 6 atom stereocenters. The van der Waals surface area contributed by atoms with Crippen LogP contribution in [-0.4, -0.2) is 92.4 Å². The number of carboxylic acids is 2. The summed E-state index contributed by atoms with van der Waals surface area (Å²) in [5, 5.41) is 43.5. The van der Waals surface area contributed by atoms with E-state index >= 15 is 0 Å². The number of hydrogen-bond acceptors (Lipinski definition) is 9. The molecule has 0 saturated heterocycles. The van der Waals surface area contributed by atoms with Crippen LogP contribution < -0.4 is 27.4 Å². The predicted molar refractivity (Wildman–Crippen MR) is 105 cm³/mol. The molecule has 0 aromatic heterocycles. The SMILES string of the molecule is CC(O)C(N)C(=O)NC(CC(=O)O)C(=O)NC(C(=O)NC(CCC(N)=O)C(=O)O)C(C)O. The van der Waals surface area contributed by atoms with Crippen molar-refractivity contribution in [3.05, 3.63) is 0 Å². The molecular formula is C17H29N5O10. The summed E-state index contributed by atoms with van der Waals surface area (Å²) in [4.78, 5) is 70.1. The number of hydrogen-bond donors (Lipinski definition) is 9. The number of rotatable bonds is 14. The van der Waals surface area contributed by atoms with Gasteiger partial charge in [0.2, 0.25) is 23.6 Å². The van der Waals surface area contributed by atoms with Crippen molar-refractivity contribution in [2.24, 2.45) is 11.5 Å². The Hall–Kier alpha value is -3.30. The first-order chi connectivity index (χ1) is 14.7. The molecule has 182 valence electrons. The van der Waals surface area contributed by atoms with Gasteiger partial charge in [-0.25, -0.2) is 4.79 Å². The van der Waals surface area contributed by atoms with Crippen molar-refractivity contribution >= 4 is 35.6 Å². The molecule has 32 heavy (non-hydrogen) atoms. The van der Waals surface area contributed by atoms with Gasteiger partial charge in [-0.2, -0.15) is 0 Å². The molecule has 0 rings (SSSR count). The number of amides is 4. The van der Waals surface area contributed by atoms with Crippen LogP contribution in [0.15, 0.2) is 0 Å². The third-order valence-corrected chi connectivity index (χ3v) is 4.19. The van der Waals surface area contributed by atoms with Crippen LogP contribution in [0.4, 0.5) is 0 Å². The summed E-state index contributed by atoms with van der Waals surface area (Å²) >= 11 is 0. The van der Waals surface area contributed by atoms with Gasteiger partial charge in [0.05, 0.1) is 18.6 Å². The van der Waals surface area contributed by atoms with Crippen molar-refractivity contribution in [3.63, 3.8) is 0 Å². The zero-order chi connectivity index (χ0) is 25.2. The number of aliphatic hydroxyl groups is 2. The molecule has 0 saturated carbocycles. The summed E-state index contributed by atoms with van der Waals surface area (Å²) in [6.45, 7) is 2.29. The lowest BCUT2D eigenvalue weighted by molar-refractivity contribution is -0.144. The van der Waals surface area contributed by atoms with Gasteiger partial charge in [0.25, 0.3) is 0 Å². The number of carboxylic acid groups (broad SMARTS) is 2. The van der Waals surface area contributed by atoms with Gasteiger partial charge in [-0.15, -0.1) is 0 Å². The minimum absolute atomic E-state index is 0.355. The maximum Gasteiger partial charge on any atom is 0.326 e. The molecule has 0 aromatic rings. The fourth-order valence-corrected chi connectivity index (χ4v) is 2.34. The molecule has 15 nitrogen and oxygen atoms in total. The normalized spacial score (nSPS) is 16.4. The maximum atomic E-state index is 12.5. The van der Waals surface area contributed by atoms with Gasteiger partial charge in [0.15, 0.2) is 0 Å². The average Bonchev–Trinajstić information content (AvgIpc) is 2.66. The zero-order valence-electron chi connectivity index (χ0n) is 17.5. The Morgan fingerprint density at radius 2 is 1.34 bits per heavy atom. The molecule has 6 unspecified atom stereocenters. The fraction of sp³-hybridized carbons (Fsp3) is 0.647. The lowest BCUT2D eigenvalue weighted by atomic mass is 10.1. The molecule has 0 radical (unpaired) electrons. The number of nitrogens with one attached hydrogen (secondary N) is 3. The second kappa shape index (κ2) is 13.2. The summed E-state index contributed by atoms with van der Waals surface area (Å²) in [5.41, 5.74) is 10.4. The molecule has 0 bridgehead atoms. The Balaban J connectivity index is 5.45. The highest BCUT2D eigenvalue weighted by atomic mass is 16.4. The maximum absolute atomic E-state index is 12.5. The lowest BCUT2D eigenvalue weighted by Crippen LogP contribution is -2.60. The number of carbonyl (C=O) groups excluding carboxylic acids is 4. The average molecular weight is 463 g/mol. The van der Waals surface area contributed by atoms with Crippen molar-refractivity contribution in [3.8, 4) is 0 Å². The van der Waals surface area contributed by atoms with E-state index in [1.807, 2.05) is 16.0 Å². The standard InChI is InChI=1S/C17H29N5O10/c1-6(23)12(19)15(29)21-9(5-11(26)27)14(28)22-13(7(2)24)16(30)20-8(17(31)32)3-4-10(18)25/h6-9,12-13,23-24H,3-5,19H2,1-2H3,(H2,18,25)(H,20,30)(H,21,29)(H,22,28)(H,26,27)(H,31,32). The molecule has 15 heteroatoms. The molecular weight excluding hydrogens is 434 g/mol. The number of carbonyl (C=O) groups is 6. The predicted octanol–water partition coefficient (Wildman–Crippen LogP) is -4.65. The summed E-state index contributed by atoms with van der Waals surface area (Å²) < 4.78 is 0. The Labute approximate surface area is 182 Å². The Bertz CT molecular complexity index is 727. The van der Waals surface area contributed by atoms with Gasteiger partial charge >= 0.3 is 11.9 Å². The quantitative estimate of drug-likeness (QED) is 0.118. The molecule has 11 N–H and O–H groups in total. The smallest absolute Gasteiger partial charge is 0.326 e. The first kappa shape index (κ1) is 28.7. The number of primary amides is 1. The van der Waals surface area contributed by atoms with Gasteiger partial charge in [-0.05, 0) is 20.3 Å². The van der Waals surface area contributed by atoms with Gasteiger partial charge in [-0.3, -0.25) is 24.0 Å². The minimum Gasteiger partial charge on any atom is -0.481 e. The van der Waals surface area contributed by atoms with E-state index in [4.69, 9.17) is 21.7 Å². The number of nitrogens with two attached hydrogens (primary N) is 2. The van der Waals surface area contributed by atoms with E-state index in [9.17, 15) is 39.0 Å². The molecule has 0 fully saturated rings. The highest BCUT2D eigenvalue weighted by molar-refractivity contribution is 5.96. The van der Waals surface area contributed by atoms with Crippen molar-refractivity contribution in [1.82, 2.24) is 16.0 Å². The van der Waals surface area contributed by atoms with Crippen LogP contribution in [0, 0.1) is 0 Å². The summed E-state index contributed by atoms with van der Waals surface area (Å²) in [5.74, 6) is -7.19. The van der Waals surface area contributed by atoms with Crippen LogP contribution in [0.2, 0.25) is 0 Å². The molecule has 0 aliphatic carbocycles. The largest absolute Gasteiger partial charge is 0.481 e. The molecule has 0 spiro atoms. The van der Waals surface area contributed by atoms with Crippen molar-refractivity contribution < 1.29 is 49.2 Å². The van der Waals surface area contributed by atoms with Crippen LogP contribution in [0.25, 0.3) is 0 Å². The first-order valence-corrected chi connectivity index (χ1v) is 9.43. The van der Waals surface area contributed by atoms with Crippen LogP contribution in [0.1, 0.15) is 33.1 Å². The monoisotopic (exact) mass is 463 g/mol. The van der Waals surface area contributed by atoms with Crippen LogP contribution in [0.3, 0.4) is 0 Å². The minimum atomic E-state index is -1.74. The fourth-order valence-electron chi connectivity index (χ4n) is 2.34. The van der Waals surface area contributed by atoms with Crippen LogP contribution >= 0.6 is 0 Å². The summed E-state index contributed by atoms with van der Waals surface area (Å²) in [7, 11) is 0. The topological polar surface area (TPSA) is 271 Å². The van der Waals surface area contributed by atoms with Crippen molar-refractivity contribution in [2.45, 2.75) is 69.5 Å². The van der Waals surface area contributed by atoms with E-state index in [1.54, 1.807) is 0 Å². The number of aliphatic hydroxyl groups excluding tert-OH is 2. The van der Waals surface area contributed by atoms with Gasteiger partial charge in [0.1, 0.15) is 24.2 Å². The lowest BCUT2D eigenvalue weighted by Gasteiger charge is -2.26. The molecule has 0 aliphatic rings. The Kier molecular flexibility index (Phi) is 11.8. The van der Waals surface area contributed by atoms with Crippen molar-refractivity contribution in [2.75, 3.05) is 0 Å². The molecule has 0 heterocycles. The van der Waals surface area contributed by atoms with Gasteiger partial charge in [-0.1, -0.05) is 0 Å². The zero-order valence-corrected chi connectivity index (χ0v) is 17.5. The Morgan fingerprint density at radius 1 is 0.812 bits per heavy atom. The summed E-state index contributed by atoms with van der Waals surface area (Å²) in [6, 6.07) is -6.51. The van der Waals surface area contributed by atoms with E-state index in [1.165, 1.54) is 6.92 Å². The molecule has 0 aromatic carbocycles. The summed E-state index contributed by atoms with van der Waals surface area (Å²) in [6.07, 6.45) is -4.52. The van der Waals surface area contributed by atoms with Gasteiger partial charge in [0, 0.05) is 6.42 Å². The first-order valence-electron chi connectivity index (χ1n) is 9.43. The van der Waals surface area contributed by atoms with E-state index in [0.29, 0.717) is 0 Å². The second-order valence-corrected chi connectivity index (χ2v) is 7.06. The highest BCUT2D eigenvalue weighted by Gasteiger charge is 2.34. The van der Waals surface area contributed by atoms with Gasteiger partial charge < -0.3 is 47.8 Å². The molecule has 4 amide bonds. The number of aliphatic carboxylic acids is 2. The van der Waals surface area contributed by atoms with E-state index in [2.05, 4.69) is 0 Å². The highest BCUT2D eigenvalue weighted by Crippen LogP contribution is 2.03. The van der Waals surface area contributed by atoms with Crippen LogP contribution in [0.5, 0.6) is 0 Å². The van der Waals surface area contributed by atoms with E-state index in [-0.39, 0.29) is 12.8 Å². The van der Waals surface area contributed by atoms with E-state index in [0.717, 1.165) is 6.92 Å². The molecule has 0 aliphatic heterocycles. The van der Waals surface area contributed by atoms with Crippen molar-refractivity contribution in [1.29, 1.82) is 0 Å². The Morgan fingerprint density at radius 3 is 1.75 bits per heavy atom. The van der Waals surface area contributed by atoms with E-state index < -0.39 is 78.4 Å². The second-order valence-electron chi connectivity index (χ2n) is 7.06. The third kappa shape index (κ3) is 10.1. The third-order valence-electron chi connectivity index (χ3n) is 4.19.